The zero-order chi connectivity index (χ0) is 9.56. The van der Waals surface area contributed by atoms with Crippen molar-refractivity contribution in [3.63, 3.8) is 0 Å². The number of hydrogen-bond donors (Lipinski definition) is 1. The minimum Gasteiger partial charge on any atom is -0.389 e. The van der Waals surface area contributed by atoms with Gasteiger partial charge in [-0.3, -0.25) is 0 Å². The van der Waals surface area contributed by atoms with E-state index in [-0.39, 0.29) is 6.05 Å². The second-order valence-corrected chi connectivity index (χ2v) is 2.16. The molecule has 1 nitrogen and oxygen atoms in total. The van der Waals surface area contributed by atoms with Crippen molar-refractivity contribution >= 4 is 0 Å². The summed E-state index contributed by atoms with van der Waals surface area (Å²) < 4.78 is 20.7. The van der Waals surface area contributed by atoms with Gasteiger partial charge in [0.05, 0.1) is 10.2 Å². The summed E-state index contributed by atoms with van der Waals surface area (Å²) >= 11 is 0. The van der Waals surface area contributed by atoms with E-state index in [1.807, 2.05) is 0 Å². The van der Waals surface area contributed by atoms with Gasteiger partial charge in [-0.25, -0.2) is 0 Å². The molecule has 9 heavy (non-hydrogen) atoms. The molecular formula is C8H16O. The fraction of sp³-hybridized carbons (Fsp3) is 0.750. The zero-order valence-electron chi connectivity index (χ0n) is 8.85. The Morgan fingerprint density at radius 1 is 1.89 bits per heavy atom. The minimum absolute atomic E-state index is 0.272. The number of unbranched alkanes of at least 4 members (excludes halogenated alkanes) is 2. The van der Waals surface area contributed by atoms with Crippen molar-refractivity contribution in [1.29, 1.82) is 0 Å². The Labute approximate surface area is 61.6 Å². The van der Waals surface area contributed by atoms with Crippen LogP contribution in [0.15, 0.2) is 12.6 Å². The predicted octanol–water partition coefficient (Wildman–Crippen LogP) is 2.11. The van der Waals surface area contributed by atoms with Gasteiger partial charge in [-0.2, -0.15) is 0 Å². The molecule has 0 aliphatic rings. The summed E-state index contributed by atoms with van der Waals surface area (Å²) in [4.78, 5) is 0. The molecule has 0 heterocycles. The molecule has 0 aromatic carbocycles. The molecule has 0 radical (unpaired) electrons. The van der Waals surface area contributed by atoms with Crippen molar-refractivity contribution in [3.8, 4) is 0 Å². The van der Waals surface area contributed by atoms with Gasteiger partial charge in [0.2, 0.25) is 0 Å². The van der Waals surface area contributed by atoms with Gasteiger partial charge in [-0.1, -0.05) is 32.2 Å². The number of aliphatic hydroxyl groups excluding tert-OH is 1. The minimum atomic E-state index is -0.915. The van der Waals surface area contributed by atoms with Crippen LogP contribution in [-0.2, 0) is 0 Å². The van der Waals surface area contributed by atoms with E-state index in [0.29, 0.717) is 6.42 Å². The summed E-state index contributed by atoms with van der Waals surface area (Å²) in [5.41, 5.74) is 0. The van der Waals surface area contributed by atoms with Crippen molar-refractivity contribution < 1.29 is 9.22 Å². The first kappa shape index (κ1) is 4.51. The van der Waals surface area contributed by atoms with E-state index >= 15 is 0 Å². The first-order valence-electron chi connectivity index (χ1n) is 4.91. The average molecular weight is 131 g/mol. The van der Waals surface area contributed by atoms with Crippen molar-refractivity contribution in [1.82, 2.24) is 0 Å². The van der Waals surface area contributed by atoms with Crippen LogP contribution in [-0.4, -0.2) is 11.2 Å². The van der Waals surface area contributed by atoms with Crippen molar-refractivity contribution in [2.45, 2.75) is 38.7 Å². The Morgan fingerprint density at radius 2 is 2.67 bits per heavy atom. The molecule has 0 rings (SSSR count). The second-order valence-electron chi connectivity index (χ2n) is 2.16. The molecule has 0 fully saturated rings. The number of rotatable bonds is 5. The molecule has 0 aliphatic carbocycles. The Balaban J connectivity index is 3.72. The molecule has 0 spiro atoms. The van der Waals surface area contributed by atoms with Crippen LogP contribution in [0.3, 0.4) is 0 Å². The molecule has 0 bridgehead atoms. The quantitative estimate of drug-likeness (QED) is 0.447. The molecule has 1 atom stereocenters. The number of aliphatic hydroxyl groups is 1. The van der Waals surface area contributed by atoms with E-state index in [1.165, 1.54) is 0 Å². The van der Waals surface area contributed by atoms with Gasteiger partial charge in [0, 0.05) is 0 Å². The second kappa shape index (κ2) is 5.83. The van der Waals surface area contributed by atoms with E-state index in [9.17, 15) is 5.11 Å². The lowest BCUT2D eigenvalue weighted by Gasteiger charge is -2.01. The SMILES string of the molecule is [2H]C([2H])=C([2H])C(O)CCCCC. The summed E-state index contributed by atoms with van der Waals surface area (Å²) in [7, 11) is 0. The van der Waals surface area contributed by atoms with E-state index < -0.39 is 12.6 Å². The molecule has 1 N–H and O–H groups in total. The van der Waals surface area contributed by atoms with E-state index in [1.54, 1.807) is 0 Å². The van der Waals surface area contributed by atoms with Gasteiger partial charge in [0.25, 0.3) is 0 Å². The third-order valence-electron chi connectivity index (χ3n) is 1.25. The van der Waals surface area contributed by atoms with Gasteiger partial charge in [0.1, 0.15) is 0 Å². The smallest absolute Gasteiger partial charge is 0.0718 e. The lowest BCUT2D eigenvalue weighted by Crippen LogP contribution is -1.99. The molecular weight excluding hydrogens is 112 g/mol. The molecule has 0 aliphatic heterocycles. The Morgan fingerprint density at radius 3 is 3.22 bits per heavy atom. The summed E-state index contributed by atoms with van der Waals surface area (Å²) in [6.45, 7) is 1.48. The summed E-state index contributed by atoms with van der Waals surface area (Å²) in [6.07, 6.45) is 2.52. The van der Waals surface area contributed by atoms with Crippen LogP contribution in [0.4, 0.5) is 0 Å². The maximum absolute atomic E-state index is 9.23. The molecule has 1 unspecified atom stereocenters. The lowest BCUT2D eigenvalue weighted by molar-refractivity contribution is 0.208. The molecule has 0 aromatic heterocycles. The maximum atomic E-state index is 9.23. The highest BCUT2D eigenvalue weighted by atomic mass is 16.3. The van der Waals surface area contributed by atoms with Crippen molar-refractivity contribution in [2.75, 3.05) is 0 Å². The normalized spacial score (nSPS) is 17.3. The average Bonchev–Trinajstić information content (AvgIpc) is 2.03. The monoisotopic (exact) mass is 131 g/mol. The van der Waals surface area contributed by atoms with Crippen LogP contribution in [0.1, 0.15) is 36.7 Å². The van der Waals surface area contributed by atoms with E-state index in [4.69, 9.17) is 4.11 Å². The molecule has 54 valence electrons. The van der Waals surface area contributed by atoms with Gasteiger partial charge in [0.15, 0.2) is 0 Å². The molecule has 0 saturated heterocycles. The molecule has 0 saturated carbocycles. The first-order chi connectivity index (χ1) is 5.59. The zero-order valence-corrected chi connectivity index (χ0v) is 5.85. The summed E-state index contributed by atoms with van der Waals surface area (Å²) in [6, 6.07) is -0.272. The molecule has 0 amide bonds. The fourth-order valence-corrected chi connectivity index (χ4v) is 0.660. The van der Waals surface area contributed by atoms with E-state index in [0.717, 1.165) is 19.3 Å². The lowest BCUT2D eigenvalue weighted by atomic mass is 10.1. The third kappa shape index (κ3) is 5.57. The fourth-order valence-electron chi connectivity index (χ4n) is 0.660. The van der Waals surface area contributed by atoms with Crippen LogP contribution in [0.2, 0.25) is 0 Å². The Bertz CT molecular complexity index is 152. The summed E-state index contributed by atoms with van der Waals surface area (Å²) in [5.74, 6) is 0. The van der Waals surface area contributed by atoms with Crippen molar-refractivity contribution in [3.05, 3.63) is 12.6 Å². The largest absolute Gasteiger partial charge is 0.389 e. The highest BCUT2D eigenvalue weighted by molar-refractivity contribution is 4.77. The van der Waals surface area contributed by atoms with Gasteiger partial charge < -0.3 is 5.11 Å². The van der Waals surface area contributed by atoms with E-state index in [2.05, 4.69) is 6.92 Å². The van der Waals surface area contributed by atoms with Gasteiger partial charge >= 0.3 is 0 Å². The third-order valence-corrected chi connectivity index (χ3v) is 1.25. The number of hydrogen-bond acceptors (Lipinski definition) is 1. The first-order valence-corrected chi connectivity index (χ1v) is 3.41. The van der Waals surface area contributed by atoms with Gasteiger partial charge in [-0.15, -0.1) is 6.53 Å². The van der Waals surface area contributed by atoms with Crippen molar-refractivity contribution in [2.24, 2.45) is 0 Å². The highest BCUT2D eigenvalue weighted by Gasteiger charge is 1.94. The highest BCUT2D eigenvalue weighted by Crippen LogP contribution is 2.02. The van der Waals surface area contributed by atoms with Crippen LogP contribution in [0, 0.1) is 0 Å². The molecule has 0 aromatic rings. The van der Waals surface area contributed by atoms with Crippen LogP contribution in [0.25, 0.3) is 0 Å². The predicted molar refractivity (Wildman–Crippen MR) is 40.3 cm³/mol. The van der Waals surface area contributed by atoms with Crippen LogP contribution >= 0.6 is 0 Å². The van der Waals surface area contributed by atoms with Crippen LogP contribution < -0.4 is 0 Å². The Hall–Kier alpha value is -0.300. The Kier molecular flexibility index (Phi) is 2.92. The van der Waals surface area contributed by atoms with Gasteiger partial charge in [-0.05, 0) is 6.42 Å². The maximum Gasteiger partial charge on any atom is 0.0718 e. The molecule has 1 heteroatoms. The van der Waals surface area contributed by atoms with Crippen LogP contribution in [0.5, 0.6) is 0 Å². The standard InChI is InChI=1S/C8H16O/c1-3-5-6-7-8(9)4-2/h4,8-9H,2-3,5-7H2,1H3/i2D2,4D. The topological polar surface area (TPSA) is 20.2 Å². The summed E-state index contributed by atoms with van der Waals surface area (Å²) in [5, 5.41) is 9.23.